The molecule has 0 radical (unpaired) electrons. The number of halogens is 4. The van der Waals surface area contributed by atoms with Crippen LogP contribution in [0.3, 0.4) is 0 Å². The average Bonchev–Trinajstić information content (AvgIpc) is 3.54. The molecule has 4 aliphatic heterocycles. The van der Waals surface area contributed by atoms with Gasteiger partial charge in [-0.15, -0.1) is 10.2 Å². The first-order valence-corrected chi connectivity index (χ1v) is 22.3. The van der Waals surface area contributed by atoms with E-state index in [1.54, 1.807) is 43.9 Å². The summed E-state index contributed by atoms with van der Waals surface area (Å²) < 4.78 is 71.2. The van der Waals surface area contributed by atoms with Crippen molar-refractivity contribution in [2.75, 3.05) is 50.9 Å². The molecular weight excluding hydrogens is 869 g/mol. The summed E-state index contributed by atoms with van der Waals surface area (Å²) in [6.07, 6.45) is -2.28. The molecule has 17 nitrogen and oxygen atoms in total. The van der Waals surface area contributed by atoms with Gasteiger partial charge in [0.25, 0.3) is 18.3 Å². The summed E-state index contributed by atoms with van der Waals surface area (Å²) >= 11 is 0. The van der Waals surface area contributed by atoms with Crippen LogP contribution >= 0.6 is 0 Å². The molecule has 2 aromatic carbocycles. The van der Waals surface area contributed by atoms with E-state index < -0.39 is 65.4 Å². The highest BCUT2D eigenvalue weighted by atomic mass is 19.3. The molecule has 4 aromatic rings. The fourth-order valence-corrected chi connectivity index (χ4v) is 9.42. The summed E-state index contributed by atoms with van der Waals surface area (Å²) in [5.74, 6) is -5.64. The van der Waals surface area contributed by atoms with E-state index in [0.29, 0.717) is 62.1 Å². The number of anilines is 2. The largest absolute Gasteiger partial charge is 0.490 e. The first-order chi connectivity index (χ1) is 31.4. The van der Waals surface area contributed by atoms with E-state index in [9.17, 15) is 33.1 Å². The molecule has 0 spiro atoms. The van der Waals surface area contributed by atoms with Crippen molar-refractivity contribution in [3.05, 3.63) is 53.0 Å². The van der Waals surface area contributed by atoms with Gasteiger partial charge >= 0.3 is 0 Å². The minimum absolute atomic E-state index is 0.0647. The van der Waals surface area contributed by atoms with Crippen LogP contribution in [0, 0.1) is 11.3 Å². The highest BCUT2D eigenvalue weighted by Crippen LogP contribution is 2.48. The Labute approximate surface area is 377 Å². The molecule has 4 amide bonds. The number of aliphatic hydroxyl groups is 1. The van der Waals surface area contributed by atoms with E-state index in [2.05, 4.69) is 25.8 Å². The summed E-state index contributed by atoms with van der Waals surface area (Å²) in [5, 5.41) is 28.9. The summed E-state index contributed by atoms with van der Waals surface area (Å²) in [6, 6.07) is 5.29. The fourth-order valence-electron chi connectivity index (χ4n) is 9.42. The third kappa shape index (κ3) is 8.73. The maximum Gasteiger partial charge on any atom is 0.291 e. The molecule has 5 aliphatic rings. The Morgan fingerprint density at radius 2 is 1.77 bits per heavy atom. The zero-order valence-electron chi connectivity index (χ0n) is 37.0. The monoisotopic (exact) mass is 920 g/mol. The van der Waals surface area contributed by atoms with Gasteiger partial charge in [0.2, 0.25) is 23.5 Å². The van der Waals surface area contributed by atoms with Crippen LogP contribution in [0.25, 0.3) is 22.2 Å². The predicted molar refractivity (Wildman–Crippen MR) is 229 cm³/mol. The van der Waals surface area contributed by atoms with E-state index in [1.165, 1.54) is 19.1 Å². The number of hydrogen-bond donors (Lipinski definition) is 3. The van der Waals surface area contributed by atoms with Crippen LogP contribution in [0.1, 0.15) is 93.3 Å². The van der Waals surface area contributed by atoms with Gasteiger partial charge in [-0.05, 0) is 53.6 Å². The second kappa shape index (κ2) is 17.4. The van der Waals surface area contributed by atoms with Crippen molar-refractivity contribution in [2.24, 2.45) is 11.3 Å². The normalized spacial score (nSPS) is 22.2. The van der Waals surface area contributed by atoms with E-state index in [1.807, 2.05) is 9.58 Å². The highest BCUT2D eigenvalue weighted by Gasteiger charge is 2.57. The second-order valence-electron chi connectivity index (χ2n) is 18.9. The zero-order chi connectivity index (χ0) is 46.8. The maximum absolute atomic E-state index is 15.2. The first-order valence-electron chi connectivity index (χ1n) is 22.3. The van der Waals surface area contributed by atoms with Crippen LogP contribution in [-0.2, 0) is 32.1 Å². The number of carbonyl (C=O) groups excluding carboxylic acids is 4. The highest BCUT2D eigenvalue weighted by molar-refractivity contribution is 5.98. The smallest absolute Gasteiger partial charge is 0.291 e. The maximum atomic E-state index is 15.2. The van der Waals surface area contributed by atoms with Crippen molar-refractivity contribution in [1.82, 2.24) is 45.4 Å². The van der Waals surface area contributed by atoms with Gasteiger partial charge in [0.05, 0.1) is 36.4 Å². The topological polar surface area (TPSA) is 197 Å². The number of carbonyl (C=O) groups is 4. The Bertz CT molecular complexity index is 2580. The molecule has 4 atom stereocenters. The van der Waals surface area contributed by atoms with Gasteiger partial charge in [0, 0.05) is 81.8 Å². The number of benzene rings is 2. The molecule has 1 saturated carbocycles. The SMILES string of the molecule is CC(=O)N1CCc2c(c(N3CCOc4cc(-c5ccc6nnc(C(=O)N[C@H](C(=O)N7C[C@H](O)C[C@H]7C(=O)NCC7CC7(F)F)C(C)(C)C)nc6c5)c(C(F)F)cc43)nn2C2CCOCC2)C1. The quantitative estimate of drug-likeness (QED) is 0.189. The Morgan fingerprint density at radius 3 is 2.47 bits per heavy atom. The number of fused-ring (bicyclic) bond motifs is 3. The molecule has 6 heterocycles. The molecule has 1 unspecified atom stereocenters. The van der Waals surface area contributed by atoms with Crippen molar-refractivity contribution in [2.45, 2.75) is 103 Å². The second-order valence-corrected chi connectivity index (χ2v) is 18.9. The van der Waals surface area contributed by atoms with Crippen LogP contribution in [0.5, 0.6) is 5.75 Å². The number of β-amino-alcohol motifs (C(OH)–C–C–N with tert-alkyl or cyclic N) is 1. The molecule has 0 bridgehead atoms. The molecule has 3 fully saturated rings. The summed E-state index contributed by atoms with van der Waals surface area (Å²) in [5.41, 5.74) is 1.97. The number of amides is 4. The third-order valence-electron chi connectivity index (χ3n) is 13.2. The average molecular weight is 921 g/mol. The summed E-state index contributed by atoms with van der Waals surface area (Å²) in [4.78, 5) is 62.8. The lowest BCUT2D eigenvalue weighted by atomic mass is 9.85. The first kappa shape index (κ1) is 45.2. The minimum atomic E-state index is -2.92. The van der Waals surface area contributed by atoms with Crippen molar-refractivity contribution >= 4 is 46.2 Å². The molecule has 2 saturated heterocycles. The lowest BCUT2D eigenvalue weighted by molar-refractivity contribution is -0.142. The number of nitrogens with one attached hydrogen (secondary N) is 2. The van der Waals surface area contributed by atoms with Crippen molar-refractivity contribution in [3.8, 4) is 16.9 Å². The number of rotatable bonds is 10. The predicted octanol–water partition coefficient (Wildman–Crippen LogP) is 4.49. The number of aliphatic hydroxyl groups excluding tert-OH is 1. The number of likely N-dealkylation sites (tertiary alicyclic amines) is 1. The van der Waals surface area contributed by atoms with Crippen molar-refractivity contribution in [1.29, 1.82) is 0 Å². The fraction of sp³-hybridized carbons (Fsp3) is 0.556. The number of alkyl halides is 4. The Morgan fingerprint density at radius 1 is 1.02 bits per heavy atom. The lowest BCUT2D eigenvalue weighted by Gasteiger charge is -2.35. The van der Waals surface area contributed by atoms with Gasteiger partial charge in [-0.2, -0.15) is 5.10 Å². The van der Waals surface area contributed by atoms with Gasteiger partial charge < -0.3 is 39.9 Å². The van der Waals surface area contributed by atoms with Gasteiger partial charge in [-0.3, -0.25) is 23.9 Å². The molecule has 2 aromatic heterocycles. The third-order valence-corrected chi connectivity index (χ3v) is 13.2. The Kier molecular flexibility index (Phi) is 11.9. The molecule has 352 valence electrons. The van der Waals surface area contributed by atoms with Crippen LogP contribution in [0.15, 0.2) is 30.3 Å². The van der Waals surface area contributed by atoms with Gasteiger partial charge in [-0.1, -0.05) is 26.8 Å². The van der Waals surface area contributed by atoms with Gasteiger partial charge in [0.1, 0.15) is 30.0 Å². The van der Waals surface area contributed by atoms with E-state index in [-0.39, 0.29) is 66.6 Å². The van der Waals surface area contributed by atoms with Gasteiger partial charge in [0.15, 0.2) is 5.82 Å². The molecule has 9 rings (SSSR count). The number of nitrogens with zero attached hydrogens (tertiary/aromatic N) is 8. The molecule has 21 heteroatoms. The van der Waals surface area contributed by atoms with E-state index >= 15 is 8.78 Å². The standard InChI is InChI=1S/C45H52F4N10O7/c1-23(60)56-10-7-33-30(22-56)40(55-59(33)26-8-12-65-13-9-26)57-11-14-66-36-18-28(29(38(46)47)17-34(36)57)24-5-6-31-32(15-24)51-39(54-53-31)42(63)52-37(44(2,3)4)43(64)58-21-27(61)16-35(58)41(62)50-20-25-19-45(25,48)49/h5-6,15,17-18,25-27,35,37-38,61H,7-14,16,19-22H2,1-4H3,(H,50,62)(H,52,63)/t25?,27-,35+,37-/m1/s1. The Hall–Kier alpha value is -5.96. The van der Waals surface area contributed by atoms with Crippen LogP contribution in [0.4, 0.5) is 29.1 Å². The van der Waals surface area contributed by atoms with Crippen molar-refractivity contribution < 1.29 is 51.3 Å². The summed E-state index contributed by atoms with van der Waals surface area (Å²) in [7, 11) is 0. The molecule has 66 heavy (non-hydrogen) atoms. The molecule has 3 N–H and O–H groups in total. The summed E-state index contributed by atoms with van der Waals surface area (Å²) in [6.45, 7) is 8.76. The number of aromatic nitrogens is 5. The number of ether oxygens (including phenoxy) is 2. The lowest BCUT2D eigenvalue weighted by Crippen LogP contribution is -2.58. The molecular formula is C45H52F4N10O7. The van der Waals surface area contributed by atoms with Gasteiger partial charge in [-0.25, -0.2) is 22.5 Å². The van der Waals surface area contributed by atoms with E-state index in [0.717, 1.165) is 29.0 Å². The van der Waals surface area contributed by atoms with E-state index in [4.69, 9.17) is 14.6 Å². The number of hydrogen-bond acceptors (Lipinski definition) is 12. The molecule has 1 aliphatic carbocycles. The van der Waals surface area contributed by atoms with Crippen LogP contribution < -0.4 is 20.3 Å². The zero-order valence-corrected chi connectivity index (χ0v) is 37.0. The Balaban J connectivity index is 0.988. The minimum Gasteiger partial charge on any atom is -0.490 e. The van der Waals surface area contributed by atoms with Crippen LogP contribution in [-0.4, -0.2) is 134 Å². The van der Waals surface area contributed by atoms with Crippen molar-refractivity contribution in [3.63, 3.8) is 0 Å². The van der Waals surface area contributed by atoms with Crippen LogP contribution in [0.2, 0.25) is 0 Å².